The quantitative estimate of drug-likeness (QED) is 0.848. The number of aliphatic hydroxyl groups is 1. The van der Waals surface area contributed by atoms with Crippen molar-refractivity contribution in [3.8, 4) is 0 Å². The van der Waals surface area contributed by atoms with E-state index < -0.39 is 5.41 Å². The highest BCUT2D eigenvalue weighted by atomic mass is 16.5. The standard InChI is InChI=1S/C14H19NO3/c1-2-15(8-12-6-4-3-5-7-12)13(17)14(9-16)10-18-11-14/h3-7,16H,2,8-11H2,1H3. The first kappa shape index (κ1) is 13.1. The number of ether oxygens (including phenoxy) is 1. The average Bonchev–Trinajstić information content (AvgIpc) is 2.36. The van der Waals surface area contributed by atoms with Gasteiger partial charge in [-0.15, -0.1) is 0 Å². The fourth-order valence-electron chi connectivity index (χ4n) is 2.10. The highest BCUT2D eigenvalue weighted by molar-refractivity contribution is 5.84. The van der Waals surface area contributed by atoms with Crippen LogP contribution in [0.15, 0.2) is 30.3 Å². The summed E-state index contributed by atoms with van der Waals surface area (Å²) in [7, 11) is 0. The third kappa shape index (κ3) is 2.40. The number of amides is 1. The summed E-state index contributed by atoms with van der Waals surface area (Å²) in [4.78, 5) is 14.2. The fourth-order valence-corrected chi connectivity index (χ4v) is 2.10. The van der Waals surface area contributed by atoms with E-state index in [0.717, 1.165) is 5.56 Å². The molecule has 1 amide bonds. The highest BCUT2D eigenvalue weighted by Crippen LogP contribution is 2.29. The number of hydrogen-bond acceptors (Lipinski definition) is 3. The first-order valence-corrected chi connectivity index (χ1v) is 6.24. The van der Waals surface area contributed by atoms with Gasteiger partial charge in [0.05, 0.1) is 19.8 Å². The lowest BCUT2D eigenvalue weighted by molar-refractivity contribution is -0.181. The minimum Gasteiger partial charge on any atom is -0.395 e. The van der Waals surface area contributed by atoms with E-state index in [1.807, 2.05) is 37.3 Å². The summed E-state index contributed by atoms with van der Waals surface area (Å²) in [6.07, 6.45) is 0. The molecule has 1 saturated heterocycles. The maximum Gasteiger partial charge on any atom is 0.236 e. The van der Waals surface area contributed by atoms with E-state index >= 15 is 0 Å². The second kappa shape index (κ2) is 5.50. The van der Waals surface area contributed by atoms with Crippen LogP contribution in [0.5, 0.6) is 0 Å². The molecule has 1 N–H and O–H groups in total. The van der Waals surface area contributed by atoms with Crippen molar-refractivity contribution < 1.29 is 14.6 Å². The van der Waals surface area contributed by atoms with Crippen molar-refractivity contribution in [2.75, 3.05) is 26.4 Å². The molecule has 1 aromatic carbocycles. The number of carbonyl (C=O) groups excluding carboxylic acids is 1. The Balaban J connectivity index is 2.07. The average molecular weight is 249 g/mol. The van der Waals surface area contributed by atoms with E-state index in [-0.39, 0.29) is 12.5 Å². The number of benzene rings is 1. The van der Waals surface area contributed by atoms with Gasteiger partial charge in [0.2, 0.25) is 5.91 Å². The molecule has 0 bridgehead atoms. The molecule has 1 aliphatic heterocycles. The normalized spacial score (nSPS) is 17.0. The molecule has 0 radical (unpaired) electrons. The molecule has 1 fully saturated rings. The van der Waals surface area contributed by atoms with Crippen molar-refractivity contribution in [3.63, 3.8) is 0 Å². The van der Waals surface area contributed by atoms with Crippen LogP contribution in [-0.4, -0.2) is 42.3 Å². The molecular weight excluding hydrogens is 230 g/mol. The zero-order valence-corrected chi connectivity index (χ0v) is 10.6. The molecule has 0 saturated carbocycles. The first-order chi connectivity index (χ1) is 8.72. The Morgan fingerprint density at radius 1 is 1.39 bits per heavy atom. The lowest BCUT2D eigenvalue weighted by atomic mass is 9.85. The summed E-state index contributed by atoms with van der Waals surface area (Å²) in [5.41, 5.74) is 0.395. The van der Waals surface area contributed by atoms with Crippen LogP contribution in [0.1, 0.15) is 12.5 Å². The van der Waals surface area contributed by atoms with E-state index in [1.165, 1.54) is 0 Å². The van der Waals surface area contributed by atoms with E-state index in [2.05, 4.69) is 0 Å². The topological polar surface area (TPSA) is 49.8 Å². The number of rotatable bonds is 5. The molecule has 1 aliphatic rings. The Hall–Kier alpha value is -1.39. The Kier molecular flexibility index (Phi) is 3.99. The molecule has 1 heterocycles. The summed E-state index contributed by atoms with van der Waals surface area (Å²) in [5, 5.41) is 9.39. The molecule has 2 rings (SSSR count). The lowest BCUT2D eigenvalue weighted by Crippen LogP contribution is -2.57. The van der Waals surface area contributed by atoms with Crippen LogP contribution < -0.4 is 0 Å². The van der Waals surface area contributed by atoms with Crippen molar-refractivity contribution in [1.29, 1.82) is 0 Å². The largest absolute Gasteiger partial charge is 0.395 e. The summed E-state index contributed by atoms with van der Waals surface area (Å²) in [6.45, 7) is 3.68. The van der Waals surface area contributed by atoms with Crippen molar-refractivity contribution >= 4 is 5.91 Å². The van der Waals surface area contributed by atoms with E-state index in [9.17, 15) is 9.90 Å². The zero-order chi connectivity index (χ0) is 13.0. The monoisotopic (exact) mass is 249 g/mol. The minimum absolute atomic E-state index is 0.0115. The number of carbonyl (C=O) groups is 1. The Bertz CT molecular complexity index is 395. The van der Waals surface area contributed by atoms with Gasteiger partial charge in [-0.1, -0.05) is 30.3 Å². The van der Waals surface area contributed by atoms with Gasteiger partial charge in [0.25, 0.3) is 0 Å². The van der Waals surface area contributed by atoms with Crippen LogP contribution in [-0.2, 0) is 16.1 Å². The summed E-state index contributed by atoms with van der Waals surface area (Å²) >= 11 is 0. The number of nitrogens with zero attached hydrogens (tertiary/aromatic N) is 1. The predicted octanol–water partition coefficient (Wildman–Crippen LogP) is 1.04. The number of hydrogen-bond donors (Lipinski definition) is 1. The van der Waals surface area contributed by atoms with E-state index in [0.29, 0.717) is 26.3 Å². The Labute approximate surface area is 107 Å². The predicted molar refractivity (Wildman–Crippen MR) is 67.9 cm³/mol. The second-order valence-corrected chi connectivity index (χ2v) is 4.74. The molecule has 1 aromatic rings. The molecule has 0 spiro atoms. The summed E-state index contributed by atoms with van der Waals surface area (Å²) < 4.78 is 5.09. The van der Waals surface area contributed by atoms with Gasteiger partial charge in [-0.2, -0.15) is 0 Å². The van der Waals surface area contributed by atoms with Gasteiger partial charge in [0, 0.05) is 13.1 Å². The number of aliphatic hydroxyl groups excluding tert-OH is 1. The maximum absolute atomic E-state index is 12.4. The van der Waals surface area contributed by atoms with Crippen molar-refractivity contribution in [2.24, 2.45) is 5.41 Å². The van der Waals surface area contributed by atoms with Gasteiger partial charge in [0.15, 0.2) is 0 Å². The van der Waals surface area contributed by atoms with E-state index in [1.54, 1.807) is 4.90 Å². The summed E-state index contributed by atoms with van der Waals surface area (Å²) in [6, 6.07) is 9.87. The Morgan fingerprint density at radius 3 is 2.50 bits per heavy atom. The minimum atomic E-state index is -0.704. The molecule has 4 nitrogen and oxygen atoms in total. The first-order valence-electron chi connectivity index (χ1n) is 6.24. The Morgan fingerprint density at radius 2 is 2.06 bits per heavy atom. The second-order valence-electron chi connectivity index (χ2n) is 4.74. The van der Waals surface area contributed by atoms with Crippen LogP contribution >= 0.6 is 0 Å². The van der Waals surface area contributed by atoms with Gasteiger partial charge in [-0.05, 0) is 12.5 Å². The van der Waals surface area contributed by atoms with Crippen molar-refractivity contribution in [1.82, 2.24) is 4.90 Å². The zero-order valence-electron chi connectivity index (χ0n) is 10.6. The van der Waals surface area contributed by atoms with Crippen molar-refractivity contribution in [3.05, 3.63) is 35.9 Å². The summed E-state index contributed by atoms with van der Waals surface area (Å²) in [5.74, 6) is -0.0115. The molecule has 0 aromatic heterocycles. The van der Waals surface area contributed by atoms with Crippen LogP contribution in [0, 0.1) is 5.41 Å². The van der Waals surface area contributed by atoms with Crippen LogP contribution in [0.25, 0.3) is 0 Å². The molecule has 0 unspecified atom stereocenters. The third-order valence-electron chi connectivity index (χ3n) is 3.40. The van der Waals surface area contributed by atoms with Crippen LogP contribution in [0.3, 0.4) is 0 Å². The lowest BCUT2D eigenvalue weighted by Gasteiger charge is -2.41. The molecule has 18 heavy (non-hydrogen) atoms. The SMILES string of the molecule is CCN(Cc1ccccc1)C(=O)C1(CO)COC1. The third-order valence-corrected chi connectivity index (χ3v) is 3.40. The highest BCUT2D eigenvalue weighted by Gasteiger charge is 2.47. The molecule has 0 atom stereocenters. The van der Waals surface area contributed by atoms with Crippen molar-refractivity contribution in [2.45, 2.75) is 13.5 Å². The van der Waals surface area contributed by atoms with Crippen LogP contribution in [0.2, 0.25) is 0 Å². The maximum atomic E-state index is 12.4. The molecule has 0 aliphatic carbocycles. The van der Waals surface area contributed by atoms with Gasteiger partial charge in [-0.25, -0.2) is 0 Å². The molecule has 4 heteroatoms. The molecular formula is C14H19NO3. The van der Waals surface area contributed by atoms with E-state index in [4.69, 9.17) is 4.74 Å². The molecule has 98 valence electrons. The van der Waals surface area contributed by atoms with Gasteiger partial charge < -0.3 is 14.7 Å². The van der Waals surface area contributed by atoms with Gasteiger partial charge in [-0.3, -0.25) is 4.79 Å². The fraction of sp³-hybridized carbons (Fsp3) is 0.500. The van der Waals surface area contributed by atoms with Gasteiger partial charge in [0.1, 0.15) is 5.41 Å². The smallest absolute Gasteiger partial charge is 0.236 e. The van der Waals surface area contributed by atoms with Crippen LogP contribution in [0.4, 0.5) is 0 Å². The van der Waals surface area contributed by atoms with Gasteiger partial charge >= 0.3 is 0 Å².